The summed E-state index contributed by atoms with van der Waals surface area (Å²) in [4.78, 5) is 51.3. The van der Waals surface area contributed by atoms with E-state index in [2.05, 4.69) is 16.2 Å². The van der Waals surface area contributed by atoms with Crippen LogP contribution in [-0.4, -0.2) is 41.1 Å². The predicted molar refractivity (Wildman–Crippen MR) is 124 cm³/mol. The molecule has 0 bridgehead atoms. The van der Waals surface area contributed by atoms with Crippen LogP contribution in [0.5, 0.6) is 0 Å². The SMILES string of the molecule is O=C1CC(NC(=O)C2(C(=O)NNC(=O)c3cccc4ccccc34)Cc3ccccc3C2)C(O)O1. The summed E-state index contributed by atoms with van der Waals surface area (Å²) >= 11 is 0. The minimum atomic E-state index is -1.58. The molecule has 35 heavy (non-hydrogen) atoms. The van der Waals surface area contributed by atoms with Gasteiger partial charge in [-0.15, -0.1) is 0 Å². The maximum atomic E-state index is 13.4. The molecule has 0 saturated carbocycles. The summed E-state index contributed by atoms with van der Waals surface area (Å²) in [5, 5.41) is 14.1. The number of cyclic esters (lactones) is 1. The summed E-state index contributed by atoms with van der Waals surface area (Å²) in [7, 11) is 0. The topological polar surface area (TPSA) is 134 Å². The van der Waals surface area contributed by atoms with Crippen LogP contribution in [0.3, 0.4) is 0 Å². The molecule has 2 unspecified atom stereocenters. The number of carbonyl (C=O) groups excluding carboxylic acids is 4. The summed E-state index contributed by atoms with van der Waals surface area (Å²) in [5.41, 5.74) is 5.32. The first-order chi connectivity index (χ1) is 16.9. The van der Waals surface area contributed by atoms with Crippen molar-refractivity contribution in [2.24, 2.45) is 5.41 Å². The third kappa shape index (κ3) is 4.10. The van der Waals surface area contributed by atoms with Gasteiger partial charge in [0.2, 0.25) is 12.2 Å². The maximum Gasteiger partial charge on any atom is 0.310 e. The number of carbonyl (C=O) groups is 4. The Balaban J connectivity index is 1.37. The van der Waals surface area contributed by atoms with Crippen LogP contribution in [0.1, 0.15) is 27.9 Å². The number of hydrazine groups is 1. The van der Waals surface area contributed by atoms with Crippen LogP contribution >= 0.6 is 0 Å². The Hall–Kier alpha value is -4.24. The van der Waals surface area contributed by atoms with Gasteiger partial charge in [0.1, 0.15) is 11.5 Å². The van der Waals surface area contributed by atoms with Gasteiger partial charge in [0, 0.05) is 5.56 Å². The van der Waals surface area contributed by atoms with Crippen molar-refractivity contribution in [3.05, 3.63) is 83.4 Å². The van der Waals surface area contributed by atoms with Crippen LogP contribution < -0.4 is 16.2 Å². The quantitative estimate of drug-likeness (QED) is 0.255. The third-order valence-corrected chi connectivity index (χ3v) is 6.60. The Bertz CT molecular complexity index is 1320. The molecule has 3 aromatic rings. The second kappa shape index (κ2) is 8.84. The summed E-state index contributed by atoms with van der Waals surface area (Å²) in [5.74, 6) is -2.52. The molecule has 3 amide bonds. The van der Waals surface area contributed by atoms with Crippen LogP contribution in [0.2, 0.25) is 0 Å². The third-order valence-electron chi connectivity index (χ3n) is 6.60. The van der Waals surface area contributed by atoms with Gasteiger partial charge >= 0.3 is 5.97 Å². The van der Waals surface area contributed by atoms with Gasteiger partial charge < -0.3 is 15.2 Å². The molecule has 2 atom stereocenters. The van der Waals surface area contributed by atoms with E-state index in [1.54, 1.807) is 12.1 Å². The number of nitrogens with one attached hydrogen (secondary N) is 3. The lowest BCUT2D eigenvalue weighted by Gasteiger charge is -2.28. The van der Waals surface area contributed by atoms with E-state index in [0.29, 0.717) is 5.56 Å². The molecule has 9 nitrogen and oxygen atoms in total. The fourth-order valence-electron chi connectivity index (χ4n) is 4.74. The monoisotopic (exact) mass is 473 g/mol. The van der Waals surface area contributed by atoms with Crippen molar-refractivity contribution in [1.29, 1.82) is 0 Å². The van der Waals surface area contributed by atoms with Crippen molar-refractivity contribution in [3.8, 4) is 0 Å². The highest BCUT2D eigenvalue weighted by Gasteiger charge is 2.51. The second-order valence-electron chi connectivity index (χ2n) is 8.80. The highest BCUT2D eigenvalue weighted by molar-refractivity contribution is 6.10. The first kappa shape index (κ1) is 22.5. The molecule has 9 heteroatoms. The van der Waals surface area contributed by atoms with Gasteiger partial charge in [-0.25, -0.2) is 0 Å². The lowest BCUT2D eigenvalue weighted by Crippen LogP contribution is -2.58. The van der Waals surface area contributed by atoms with Crippen molar-refractivity contribution in [1.82, 2.24) is 16.2 Å². The van der Waals surface area contributed by atoms with Crippen LogP contribution in [0.4, 0.5) is 0 Å². The minimum Gasteiger partial charge on any atom is -0.434 e. The van der Waals surface area contributed by atoms with Gasteiger partial charge in [-0.3, -0.25) is 30.0 Å². The molecule has 1 aliphatic carbocycles. The van der Waals surface area contributed by atoms with Crippen LogP contribution in [0.15, 0.2) is 66.7 Å². The molecule has 2 aliphatic rings. The van der Waals surface area contributed by atoms with Crippen molar-refractivity contribution < 1.29 is 29.0 Å². The van der Waals surface area contributed by atoms with E-state index in [4.69, 9.17) is 4.74 Å². The summed E-state index contributed by atoms with van der Waals surface area (Å²) < 4.78 is 4.70. The highest BCUT2D eigenvalue weighted by atomic mass is 16.6. The van der Waals surface area contributed by atoms with Crippen LogP contribution in [-0.2, 0) is 32.0 Å². The summed E-state index contributed by atoms with van der Waals surface area (Å²) in [6.07, 6.45) is -1.48. The zero-order valence-electron chi connectivity index (χ0n) is 18.6. The smallest absolute Gasteiger partial charge is 0.310 e. The first-order valence-corrected chi connectivity index (χ1v) is 11.2. The van der Waals surface area contributed by atoms with Crippen molar-refractivity contribution in [2.45, 2.75) is 31.6 Å². The number of benzene rings is 3. The Morgan fingerprint density at radius 3 is 2.20 bits per heavy atom. The Labute approximate surface area is 200 Å². The maximum absolute atomic E-state index is 13.4. The zero-order chi connectivity index (χ0) is 24.6. The van der Waals surface area contributed by atoms with Gasteiger partial charge in [0.05, 0.1) is 6.42 Å². The van der Waals surface area contributed by atoms with E-state index < -0.39 is 41.4 Å². The average molecular weight is 473 g/mol. The number of aliphatic hydroxyl groups excluding tert-OH is 1. The van der Waals surface area contributed by atoms with Gasteiger partial charge in [-0.1, -0.05) is 60.7 Å². The zero-order valence-corrected chi connectivity index (χ0v) is 18.6. The number of esters is 1. The molecular formula is C26H23N3O6. The molecule has 0 aromatic heterocycles. The van der Waals surface area contributed by atoms with Crippen LogP contribution in [0, 0.1) is 5.41 Å². The molecule has 178 valence electrons. The number of amides is 3. The van der Waals surface area contributed by atoms with Gasteiger partial charge in [0.25, 0.3) is 11.8 Å². The minimum absolute atomic E-state index is 0.0998. The molecule has 4 N–H and O–H groups in total. The molecule has 1 saturated heterocycles. The lowest BCUT2D eigenvalue weighted by atomic mass is 9.82. The second-order valence-corrected chi connectivity index (χ2v) is 8.80. The van der Waals surface area contributed by atoms with E-state index in [1.165, 1.54) is 0 Å². The van der Waals surface area contributed by atoms with E-state index in [9.17, 15) is 24.3 Å². The van der Waals surface area contributed by atoms with E-state index in [1.807, 2.05) is 54.6 Å². The van der Waals surface area contributed by atoms with E-state index in [0.717, 1.165) is 21.9 Å². The number of fused-ring (bicyclic) bond motifs is 2. The van der Waals surface area contributed by atoms with Gasteiger partial charge in [0.15, 0.2) is 0 Å². The number of rotatable bonds is 4. The normalized spacial score (nSPS) is 20.1. The highest BCUT2D eigenvalue weighted by Crippen LogP contribution is 2.38. The summed E-state index contributed by atoms with van der Waals surface area (Å²) in [6.45, 7) is 0. The lowest BCUT2D eigenvalue weighted by molar-refractivity contribution is -0.156. The number of hydrogen-bond acceptors (Lipinski definition) is 6. The molecule has 5 rings (SSSR count). The Kier molecular flexibility index (Phi) is 5.70. The molecule has 1 fully saturated rings. The van der Waals surface area contributed by atoms with Crippen molar-refractivity contribution in [2.75, 3.05) is 0 Å². The molecule has 3 aromatic carbocycles. The Morgan fingerprint density at radius 1 is 0.857 bits per heavy atom. The van der Waals surface area contributed by atoms with Gasteiger partial charge in [-0.2, -0.15) is 0 Å². The fraction of sp³-hybridized carbons (Fsp3) is 0.231. The fourth-order valence-corrected chi connectivity index (χ4v) is 4.74. The number of aliphatic hydroxyl groups is 1. The standard InChI is InChI=1S/C26H23N3O6/c30-21-12-20(23(32)35-21)27-24(33)26(13-16-7-1-2-8-17(16)14-26)25(34)29-28-22(31)19-11-5-9-15-6-3-4-10-18(15)19/h1-11,20,23,32H,12-14H2,(H,27,33)(H,28,31)(H,29,34). The van der Waals surface area contributed by atoms with Gasteiger partial charge in [-0.05, 0) is 40.8 Å². The molecule has 1 heterocycles. The Morgan fingerprint density at radius 2 is 1.51 bits per heavy atom. The largest absolute Gasteiger partial charge is 0.434 e. The van der Waals surface area contributed by atoms with Crippen LogP contribution in [0.25, 0.3) is 10.8 Å². The summed E-state index contributed by atoms with van der Waals surface area (Å²) in [6, 6.07) is 19.0. The predicted octanol–water partition coefficient (Wildman–Crippen LogP) is 1.14. The molecular weight excluding hydrogens is 450 g/mol. The molecule has 0 spiro atoms. The molecule has 1 aliphatic heterocycles. The van der Waals surface area contributed by atoms with Crippen molar-refractivity contribution in [3.63, 3.8) is 0 Å². The first-order valence-electron chi connectivity index (χ1n) is 11.2. The number of hydrogen-bond donors (Lipinski definition) is 4. The molecule has 0 radical (unpaired) electrons. The number of ether oxygens (including phenoxy) is 1. The van der Waals surface area contributed by atoms with Crippen molar-refractivity contribution >= 4 is 34.5 Å². The average Bonchev–Trinajstić information content (AvgIpc) is 3.41. The van der Waals surface area contributed by atoms with E-state index in [-0.39, 0.29) is 19.3 Å². The van der Waals surface area contributed by atoms with E-state index >= 15 is 0 Å².